The fourth-order valence-corrected chi connectivity index (χ4v) is 2.42. The van der Waals surface area contributed by atoms with Crippen LogP contribution in [0, 0.1) is 10.1 Å². The Morgan fingerprint density at radius 2 is 1.78 bits per heavy atom. The van der Waals surface area contributed by atoms with E-state index in [-0.39, 0.29) is 23.2 Å². The van der Waals surface area contributed by atoms with Crippen molar-refractivity contribution in [1.29, 1.82) is 0 Å². The molecule has 170 valence electrons. The van der Waals surface area contributed by atoms with Crippen LogP contribution in [0.4, 0.5) is 5.69 Å². The van der Waals surface area contributed by atoms with Crippen molar-refractivity contribution in [3.8, 4) is 11.5 Å². The molecule has 12 heteroatoms. The number of rotatable bonds is 10. The molecule has 3 N–H and O–H groups in total. The van der Waals surface area contributed by atoms with E-state index in [2.05, 4.69) is 16.2 Å². The Balaban J connectivity index is 1.73. The van der Waals surface area contributed by atoms with E-state index in [1.807, 2.05) is 6.92 Å². The van der Waals surface area contributed by atoms with Crippen molar-refractivity contribution >= 4 is 34.8 Å². The standard InChI is InChI=1S/C20H22N4O7S/c1-2-29-10-11-30-17-5-3-4-14(12-17)19(26)21-20(32)23-22-18(25)13-31-16-8-6-15(7-9-16)24(27)28/h3-9,12H,2,10-11,13H2,1H3,(H,22,25)(H2,21,23,26,32). The Hall–Kier alpha value is -3.77. The van der Waals surface area contributed by atoms with Crippen LogP contribution >= 0.6 is 12.2 Å². The molecule has 11 nitrogen and oxygen atoms in total. The number of hydrogen-bond donors (Lipinski definition) is 3. The third kappa shape index (κ3) is 8.53. The molecule has 0 bridgehead atoms. The van der Waals surface area contributed by atoms with Crippen LogP contribution in [0.2, 0.25) is 0 Å². The van der Waals surface area contributed by atoms with Crippen LogP contribution in [-0.4, -0.2) is 48.3 Å². The number of carbonyl (C=O) groups excluding carboxylic acids is 2. The van der Waals surface area contributed by atoms with Crippen LogP contribution in [-0.2, 0) is 9.53 Å². The van der Waals surface area contributed by atoms with Crippen molar-refractivity contribution < 1.29 is 28.7 Å². The quantitative estimate of drug-likeness (QED) is 0.208. The van der Waals surface area contributed by atoms with E-state index in [0.29, 0.717) is 31.1 Å². The summed E-state index contributed by atoms with van der Waals surface area (Å²) in [7, 11) is 0. The van der Waals surface area contributed by atoms with Gasteiger partial charge in [0.1, 0.15) is 18.1 Å². The maximum Gasteiger partial charge on any atom is 0.276 e. The molecule has 2 rings (SSSR count). The lowest BCUT2D eigenvalue weighted by Crippen LogP contribution is -2.49. The number of amides is 2. The van der Waals surface area contributed by atoms with Crippen molar-refractivity contribution in [3.63, 3.8) is 0 Å². The SMILES string of the molecule is CCOCCOc1cccc(C(=O)NC(=S)NNC(=O)COc2ccc([N+](=O)[O-])cc2)c1. The second kappa shape index (κ2) is 12.8. The molecule has 0 atom stereocenters. The van der Waals surface area contributed by atoms with Gasteiger partial charge in [-0.05, 0) is 49.5 Å². The number of nitrogens with zero attached hydrogens (tertiary/aromatic N) is 1. The first-order valence-electron chi connectivity index (χ1n) is 9.47. The molecule has 0 aliphatic rings. The molecule has 0 spiro atoms. The Kier molecular flexibility index (Phi) is 9.81. The predicted molar refractivity (Wildman–Crippen MR) is 118 cm³/mol. The third-order valence-electron chi connectivity index (χ3n) is 3.76. The molecule has 0 saturated carbocycles. The summed E-state index contributed by atoms with van der Waals surface area (Å²) in [5.41, 5.74) is 4.89. The van der Waals surface area contributed by atoms with Gasteiger partial charge in [-0.3, -0.25) is 35.9 Å². The molecular formula is C20H22N4O7S. The highest BCUT2D eigenvalue weighted by Crippen LogP contribution is 2.17. The number of ether oxygens (including phenoxy) is 3. The number of hydrogen-bond acceptors (Lipinski definition) is 8. The van der Waals surface area contributed by atoms with Gasteiger partial charge in [0.15, 0.2) is 11.7 Å². The fourth-order valence-electron chi connectivity index (χ4n) is 2.27. The molecule has 0 aromatic heterocycles. The molecule has 0 aliphatic carbocycles. The summed E-state index contributed by atoms with van der Waals surface area (Å²) in [4.78, 5) is 34.2. The first-order valence-corrected chi connectivity index (χ1v) is 9.88. The van der Waals surface area contributed by atoms with Gasteiger partial charge in [-0.2, -0.15) is 0 Å². The Morgan fingerprint density at radius 1 is 1.03 bits per heavy atom. The van der Waals surface area contributed by atoms with Gasteiger partial charge in [0, 0.05) is 24.3 Å². The molecule has 2 aromatic rings. The lowest BCUT2D eigenvalue weighted by molar-refractivity contribution is -0.384. The highest BCUT2D eigenvalue weighted by molar-refractivity contribution is 7.80. The number of nitrogens with one attached hydrogen (secondary N) is 3. The van der Waals surface area contributed by atoms with Crippen LogP contribution in [0.25, 0.3) is 0 Å². The highest BCUT2D eigenvalue weighted by atomic mass is 32.1. The number of carbonyl (C=O) groups is 2. The number of benzene rings is 2. The van der Waals surface area contributed by atoms with E-state index in [1.165, 1.54) is 24.3 Å². The zero-order valence-corrected chi connectivity index (χ0v) is 18.0. The molecular weight excluding hydrogens is 440 g/mol. The summed E-state index contributed by atoms with van der Waals surface area (Å²) in [6.07, 6.45) is 0. The summed E-state index contributed by atoms with van der Waals surface area (Å²) < 4.78 is 15.9. The van der Waals surface area contributed by atoms with Gasteiger partial charge >= 0.3 is 0 Å². The Morgan fingerprint density at radius 3 is 2.47 bits per heavy atom. The Labute approximate surface area is 189 Å². The lowest BCUT2D eigenvalue weighted by Gasteiger charge is -2.12. The van der Waals surface area contributed by atoms with Gasteiger partial charge in [0.2, 0.25) is 0 Å². The van der Waals surface area contributed by atoms with Gasteiger partial charge < -0.3 is 14.2 Å². The number of nitro benzene ring substituents is 1. The van der Waals surface area contributed by atoms with E-state index in [0.717, 1.165) is 0 Å². The van der Waals surface area contributed by atoms with E-state index in [1.54, 1.807) is 24.3 Å². The van der Waals surface area contributed by atoms with E-state index < -0.39 is 16.7 Å². The third-order valence-corrected chi connectivity index (χ3v) is 3.96. The smallest absolute Gasteiger partial charge is 0.276 e. The minimum atomic E-state index is -0.579. The molecule has 0 heterocycles. The second-order valence-corrected chi connectivity index (χ2v) is 6.48. The zero-order valence-electron chi connectivity index (χ0n) is 17.2. The van der Waals surface area contributed by atoms with Crippen molar-refractivity contribution in [2.24, 2.45) is 0 Å². The summed E-state index contributed by atoms with van der Waals surface area (Å²) in [6.45, 7) is 2.90. The van der Waals surface area contributed by atoms with E-state index >= 15 is 0 Å². The predicted octanol–water partition coefficient (Wildman–Crippen LogP) is 1.72. The van der Waals surface area contributed by atoms with Crippen molar-refractivity contribution in [3.05, 3.63) is 64.2 Å². The maximum absolute atomic E-state index is 12.3. The normalized spacial score (nSPS) is 10.0. The minimum Gasteiger partial charge on any atom is -0.491 e. The summed E-state index contributed by atoms with van der Waals surface area (Å²) >= 11 is 4.99. The molecule has 0 aliphatic heterocycles. The Bertz CT molecular complexity index is 953. The molecule has 2 amide bonds. The molecule has 0 fully saturated rings. The van der Waals surface area contributed by atoms with E-state index in [4.69, 9.17) is 26.4 Å². The average molecular weight is 462 g/mol. The number of non-ortho nitro benzene ring substituents is 1. The topological polar surface area (TPSA) is 141 Å². The molecule has 0 saturated heterocycles. The maximum atomic E-state index is 12.3. The number of hydrazine groups is 1. The fraction of sp³-hybridized carbons (Fsp3) is 0.250. The van der Waals surface area contributed by atoms with E-state index in [9.17, 15) is 19.7 Å². The molecule has 32 heavy (non-hydrogen) atoms. The van der Waals surface area contributed by atoms with Crippen LogP contribution in [0.5, 0.6) is 11.5 Å². The van der Waals surface area contributed by atoms with Crippen LogP contribution in [0.1, 0.15) is 17.3 Å². The average Bonchev–Trinajstić information content (AvgIpc) is 2.79. The van der Waals surface area contributed by atoms with Gasteiger partial charge in [0.25, 0.3) is 17.5 Å². The van der Waals surface area contributed by atoms with Crippen molar-refractivity contribution in [2.75, 3.05) is 26.4 Å². The molecule has 2 aromatic carbocycles. The number of thiocarbonyl (C=S) groups is 1. The van der Waals surface area contributed by atoms with Gasteiger partial charge in [-0.1, -0.05) is 6.07 Å². The first-order chi connectivity index (χ1) is 15.4. The van der Waals surface area contributed by atoms with Gasteiger partial charge in [-0.25, -0.2) is 0 Å². The van der Waals surface area contributed by atoms with Crippen LogP contribution < -0.4 is 25.6 Å². The molecule has 0 radical (unpaired) electrons. The monoisotopic (exact) mass is 462 g/mol. The summed E-state index contributed by atoms with van der Waals surface area (Å²) in [5, 5.41) is 12.9. The van der Waals surface area contributed by atoms with Gasteiger partial charge in [-0.15, -0.1) is 0 Å². The summed E-state index contributed by atoms with van der Waals surface area (Å²) in [5.74, 6) is -0.281. The second-order valence-electron chi connectivity index (χ2n) is 6.07. The largest absolute Gasteiger partial charge is 0.491 e. The molecule has 0 unspecified atom stereocenters. The summed E-state index contributed by atoms with van der Waals surface area (Å²) in [6, 6.07) is 11.8. The first kappa shape index (κ1) is 24.5. The zero-order chi connectivity index (χ0) is 23.3. The van der Waals surface area contributed by atoms with Crippen LogP contribution in [0.3, 0.4) is 0 Å². The lowest BCUT2D eigenvalue weighted by atomic mass is 10.2. The van der Waals surface area contributed by atoms with Crippen LogP contribution in [0.15, 0.2) is 48.5 Å². The van der Waals surface area contributed by atoms with Crippen molar-refractivity contribution in [1.82, 2.24) is 16.2 Å². The minimum absolute atomic E-state index is 0.0906. The van der Waals surface area contributed by atoms with Crippen molar-refractivity contribution in [2.45, 2.75) is 6.92 Å². The highest BCUT2D eigenvalue weighted by Gasteiger charge is 2.11. The van der Waals surface area contributed by atoms with Gasteiger partial charge in [0.05, 0.1) is 11.5 Å². The number of nitro groups is 1.